The van der Waals surface area contributed by atoms with Crippen LogP contribution in [-0.4, -0.2) is 38.7 Å². The molecule has 0 saturated carbocycles. The quantitative estimate of drug-likeness (QED) is 0.712. The van der Waals surface area contributed by atoms with Crippen molar-refractivity contribution in [3.05, 3.63) is 59.8 Å². The van der Waals surface area contributed by atoms with Gasteiger partial charge in [0, 0.05) is 31.1 Å². The summed E-state index contributed by atoms with van der Waals surface area (Å²) in [4.78, 5) is 16.2. The molecular formula is C17H21N3O3S. The molecule has 0 fully saturated rings. The molecule has 0 radical (unpaired) electrons. The average molecular weight is 347 g/mol. The van der Waals surface area contributed by atoms with Gasteiger partial charge in [-0.3, -0.25) is 4.79 Å². The fourth-order valence-electron chi connectivity index (χ4n) is 2.13. The molecule has 7 heteroatoms. The topological polar surface area (TPSA) is 88.2 Å². The van der Waals surface area contributed by atoms with E-state index in [4.69, 9.17) is 0 Å². The highest BCUT2D eigenvalue weighted by Crippen LogP contribution is 2.08. The van der Waals surface area contributed by atoms with Gasteiger partial charge in [0.2, 0.25) is 0 Å². The number of nitrogens with zero attached hydrogens (tertiary/aromatic N) is 1. The van der Waals surface area contributed by atoms with Crippen LogP contribution < -0.4 is 10.6 Å². The number of nitrogens with one attached hydrogen (secondary N) is 2. The maximum Gasteiger partial charge on any atom is 0.251 e. The predicted octanol–water partition coefficient (Wildman–Crippen LogP) is 1.86. The highest BCUT2D eigenvalue weighted by Gasteiger charge is 2.07. The van der Waals surface area contributed by atoms with Crippen molar-refractivity contribution in [1.82, 2.24) is 10.3 Å². The summed E-state index contributed by atoms with van der Waals surface area (Å²) in [6, 6.07) is 12.3. The number of sulfone groups is 1. The van der Waals surface area contributed by atoms with E-state index < -0.39 is 9.84 Å². The van der Waals surface area contributed by atoms with Crippen molar-refractivity contribution in [1.29, 1.82) is 0 Å². The van der Waals surface area contributed by atoms with Crippen molar-refractivity contribution in [2.75, 3.05) is 24.7 Å². The van der Waals surface area contributed by atoms with Crippen LogP contribution in [0.3, 0.4) is 0 Å². The summed E-state index contributed by atoms with van der Waals surface area (Å²) in [6.45, 7) is 1.26. The van der Waals surface area contributed by atoms with Crippen molar-refractivity contribution >= 4 is 21.6 Å². The second-order valence-electron chi connectivity index (χ2n) is 5.52. The molecule has 0 unspecified atom stereocenters. The standard InChI is InChI=1S/C17H21N3O3S/c1-24(22,23)13-14-6-8-15(9-7-14)17(21)20-12-4-11-19-16-5-2-3-10-18-16/h2-3,5-10H,4,11-13H2,1H3,(H,18,19)(H,20,21). The van der Waals surface area contributed by atoms with Crippen LogP contribution in [0.15, 0.2) is 48.7 Å². The lowest BCUT2D eigenvalue weighted by atomic mass is 10.1. The van der Waals surface area contributed by atoms with Crippen molar-refractivity contribution in [3.63, 3.8) is 0 Å². The molecule has 24 heavy (non-hydrogen) atoms. The first-order valence-corrected chi connectivity index (χ1v) is 9.70. The van der Waals surface area contributed by atoms with Crippen molar-refractivity contribution < 1.29 is 13.2 Å². The Kier molecular flexibility index (Phi) is 6.31. The van der Waals surface area contributed by atoms with E-state index in [0.717, 1.165) is 12.2 Å². The number of benzene rings is 1. The van der Waals surface area contributed by atoms with Gasteiger partial charge in [0.05, 0.1) is 5.75 Å². The molecule has 0 bridgehead atoms. The van der Waals surface area contributed by atoms with Gasteiger partial charge in [-0.25, -0.2) is 13.4 Å². The smallest absolute Gasteiger partial charge is 0.251 e. The minimum atomic E-state index is -3.07. The molecule has 0 aliphatic rings. The van der Waals surface area contributed by atoms with Gasteiger partial charge in [0.1, 0.15) is 5.82 Å². The minimum absolute atomic E-state index is 0.0198. The summed E-state index contributed by atoms with van der Waals surface area (Å²) in [5, 5.41) is 6.00. The SMILES string of the molecule is CS(=O)(=O)Cc1ccc(C(=O)NCCCNc2ccccn2)cc1. The second-order valence-corrected chi connectivity index (χ2v) is 7.66. The normalized spacial score (nSPS) is 11.0. The van der Waals surface area contributed by atoms with Gasteiger partial charge >= 0.3 is 0 Å². The first kappa shape index (κ1) is 17.9. The molecule has 1 amide bonds. The Labute approximate surface area is 142 Å². The molecular weight excluding hydrogens is 326 g/mol. The molecule has 0 atom stereocenters. The van der Waals surface area contributed by atoms with Crippen LogP contribution in [-0.2, 0) is 15.6 Å². The second kappa shape index (κ2) is 8.44. The van der Waals surface area contributed by atoms with Gasteiger partial charge in [-0.2, -0.15) is 0 Å². The summed E-state index contributed by atoms with van der Waals surface area (Å²) in [5.74, 6) is 0.623. The van der Waals surface area contributed by atoms with Crippen LogP contribution in [0.4, 0.5) is 5.82 Å². The van der Waals surface area contributed by atoms with Crippen molar-refractivity contribution in [2.24, 2.45) is 0 Å². The lowest BCUT2D eigenvalue weighted by Gasteiger charge is -2.07. The van der Waals surface area contributed by atoms with E-state index in [0.29, 0.717) is 24.2 Å². The summed E-state index contributed by atoms with van der Waals surface area (Å²) in [5.41, 5.74) is 1.19. The number of amides is 1. The van der Waals surface area contributed by atoms with Crippen molar-refractivity contribution in [3.8, 4) is 0 Å². The summed E-state index contributed by atoms with van der Waals surface area (Å²) in [7, 11) is -3.07. The van der Waals surface area contributed by atoms with Crippen LogP contribution in [0.25, 0.3) is 0 Å². The van der Waals surface area contributed by atoms with Crippen LogP contribution in [0.1, 0.15) is 22.3 Å². The van der Waals surface area contributed by atoms with E-state index in [-0.39, 0.29) is 11.7 Å². The summed E-state index contributed by atoms with van der Waals surface area (Å²) < 4.78 is 22.5. The Morgan fingerprint density at radius 2 is 1.83 bits per heavy atom. The Bertz CT molecular complexity index is 759. The van der Waals surface area contributed by atoms with Gasteiger partial charge in [-0.1, -0.05) is 18.2 Å². The van der Waals surface area contributed by atoms with Crippen LogP contribution in [0.5, 0.6) is 0 Å². The molecule has 0 aliphatic heterocycles. The first-order chi connectivity index (χ1) is 11.4. The van der Waals surface area contributed by atoms with Crippen LogP contribution in [0.2, 0.25) is 0 Å². The van der Waals surface area contributed by atoms with E-state index in [1.807, 2.05) is 18.2 Å². The monoisotopic (exact) mass is 347 g/mol. The number of rotatable bonds is 8. The molecule has 2 aromatic rings. The molecule has 0 aliphatic carbocycles. The van der Waals surface area contributed by atoms with Crippen molar-refractivity contribution in [2.45, 2.75) is 12.2 Å². The number of aromatic nitrogens is 1. The molecule has 1 aromatic heterocycles. The lowest BCUT2D eigenvalue weighted by molar-refractivity contribution is 0.0953. The van der Waals surface area contributed by atoms with Gasteiger partial charge < -0.3 is 10.6 Å². The van der Waals surface area contributed by atoms with Gasteiger partial charge in [-0.15, -0.1) is 0 Å². The third-order valence-electron chi connectivity index (χ3n) is 3.26. The van der Waals surface area contributed by atoms with E-state index in [2.05, 4.69) is 15.6 Å². The van der Waals surface area contributed by atoms with E-state index >= 15 is 0 Å². The molecule has 128 valence electrons. The zero-order valence-electron chi connectivity index (χ0n) is 13.5. The number of hydrogen-bond donors (Lipinski definition) is 2. The van der Waals surface area contributed by atoms with Gasteiger partial charge in [0.25, 0.3) is 5.91 Å². The molecule has 2 N–H and O–H groups in total. The predicted molar refractivity (Wildman–Crippen MR) is 94.7 cm³/mol. The largest absolute Gasteiger partial charge is 0.370 e. The number of carbonyl (C=O) groups is 1. The minimum Gasteiger partial charge on any atom is -0.370 e. The molecule has 0 saturated heterocycles. The Balaban J connectivity index is 1.72. The Hall–Kier alpha value is -2.41. The maximum absolute atomic E-state index is 12.0. The van der Waals surface area contributed by atoms with Crippen LogP contribution in [0, 0.1) is 0 Å². The van der Waals surface area contributed by atoms with E-state index in [1.165, 1.54) is 6.26 Å². The first-order valence-electron chi connectivity index (χ1n) is 7.64. The number of anilines is 1. The zero-order chi connectivity index (χ0) is 17.4. The molecule has 0 spiro atoms. The fourth-order valence-corrected chi connectivity index (χ4v) is 2.93. The highest BCUT2D eigenvalue weighted by molar-refractivity contribution is 7.89. The summed E-state index contributed by atoms with van der Waals surface area (Å²) >= 11 is 0. The molecule has 6 nitrogen and oxygen atoms in total. The van der Waals surface area contributed by atoms with E-state index in [9.17, 15) is 13.2 Å². The number of carbonyl (C=O) groups excluding carboxylic acids is 1. The zero-order valence-corrected chi connectivity index (χ0v) is 14.3. The van der Waals surface area contributed by atoms with Gasteiger partial charge in [-0.05, 0) is 36.2 Å². The lowest BCUT2D eigenvalue weighted by Crippen LogP contribution is -2.25. The average Bonchev–Trinajstić information content (AvgIpc) is 2.54. The molecule has 1 aromatic carbocycles. The Morgan fingerprint density at radius 3 is 2.46 bits per heavy atom. The summed E-state index contributed by atoms with van der Waals surface area (Å²) in [6.07, 6.45) is 3.68. The number of hydrogen-bond acceptors (Lipinski definition) is 5. The van der Waals surface area contributed by atoms with Gasteiger partial charge in [0.15, 0.2) is 9.84 Å². The molecule has 1 heterocycles. The fraction of sp³-hybridized carbons (Fsp3) is 0.294. The maximum atomic E-state index is 12.0. The third-order valence-corrected chi connectivity index (χ3v) is 4.11. The van der Waals surface area contributed by atoms with Crippen LogP contribution >= 0.6 is 0 Å². The third kappa shape index (κ3) is 6.37. The number of pyridine rings is 1. The highest BCUT2D eigenvalue weighted by atomic mass is 32.2. The Morgan fingerprint density at radius 1 is 1.08 bits per heavy atom. The van der Waals surface area contributed by atoms with E-state index in [1.54, 1.807) is 30.5 Å². The molecule has 2 rings (SSSR count).